The largest absolute Gasteiger partial charge is 0.454 e. The van der Waals surface area contributed by atoms with Gasteiger partial charge in [-0.25, -0.2) is 4.79 Å². The van der Waals surface area contributed by atoms with Crippen molar-refractivity contribution in [1.82, 2.24) is 0 Å². The van der Waals surface area contributed by atoms with Crippen LogP contribution < -0.4 is 0 Å². The highest BCUT2D eigenvalue weighted by Gasteiger charge is 2.29. The Kier molecular flexibility index (Phi) is 5.76. The van der Waals surface area contributed by atoms with Crippen molar-refractivity contribution < 1.29 is 27.4 Å². The van der Waals surface area contributed by atoms with E-state index in [1.54, 1.807) is 0 Å². The predicted molar refractivity (Wildman–Crippen MR) is 77.7 cm³/mol. The summed E-state index contributed by atoms with van der Waals surface area (Å²) in [6.45, 7) is -2.18. The summed E-state index contributed by atoms with van der Waals surface area (Å²) in [5.41, 5.74) is 1.59. The molecule has 0 bridgehead atoms. The van der Waals surface area contributed by atoms with E-state index in [4.69, 9.17) is 4.74 Å². The number of hydrogen-bond acceptors (Lipinski definition) is 3. The molecule has 0 aliphatic rings. The second kappa shape index (κ2) is 7.78. The van der Waals surface area contributed by atoms with E-state index in [9.17, 15) is 18.0 Å². The van der Waals surface area contributed by atoms with Crippen LogP contribution in [0.25, 0.3) is 0 Å². The quantitative estimate of drug-likeness (QED) is 0.756. The number of benzene rings is 2. The Hall–Kier alpha value is -2.34. The molecule has 0 N–H and O–H groups in total. The van der Waals surface area contributed by atoms with E-state index in [2.05, 4.69) is 4.74 Å². The molecule has 0 unspecified atom stereocenters. The number of alkyl halides is 3. The number of carbonyl (C=O) groups excluding carboxylic acids is 1. The molecule has 2 aromatic carbocycles. The molecular formula is C17H15F3O3. The maximum atomic E-state index is 12.0. The minimum absolute atomic E-state index is 0.559. The summed E-state index contributed by atoms with van der Waals surface area (Å²) in [7, 11) is 0. The average Bonchev–Trinajstić information content (AvgIpc) is 2.54. The van der Waals surface area contributed by atoms with E-state index in [0.717, 1.165) is 11.1 Å². The maximum absolute atomic E-state index is 12.0. The van der Waals surface area contributed by atoms with E-state index >= 15 is 0 Å². The molecule has 3 nitrogen and oxygen atoms in total. The number of carbonyl (C=O) groups is 1. The molecule has 0 radical (unpaired) electrons. The van der Waals surface area contributed by atoms with Crippen molar-refractivity contribution in [2.75, 3.05) is 13.2 Å². The second-order valence-corrected chi connectivity index (χ2v) is 4.79. The van der Waals surface area contributed by atoms with Crippen LogP contribution in [0.1, 0.15) is 17.2 Å². The number of ether oxygens (including phenoxy) is 2. The van der Waals surface area contributed by atoms with Crippen LogP contribution in [-0.4, -0.2) is 25.4 Å². The van der Waals surface area contributed by atoms with Crippen LogP contribution in [0.2, 0.25) is 0 Å². The number of esters is 1. The molecule has 0 fully saturated rings. The first-order chi connectivity index (χ1) is 11.0. The Labute approximate surface area is 131 Å². The topological polar surface area (TPSA) is 35.5 Å². The van der Waals surface area contributed by atoms with Gasteiger partial charge < -0.3 is 9.47 Å². The highest BCUT2D eigenvalue weighted by Crippen LogP contribution is 2.25. The lowest BCUT2D eigenvalue weighted by atomic mass is 10.0. The van der Waals surface area contributed by atoms with Crippen molar-refractivity contribution >= 4 is 5.97 Å². The van der Waals surface area contributed by atoms with Gasteiger partial charge in [-0.15, -0.1) is 0 Å². The second-order valence-electron chi connectivity index (χ2n) is 4.79. The molecule has 0 amide bonds. The lowest BCUT2D eigenvalue weighted by Gasteiger charge is -2.18. The van der Waals surface area contributed by atoms with Gasteiger partial charge in [-0.2, -0.15) is 13.2 Å². The zero-order chi connectivity index (χ0) is 16.7. The van der Waals surface area contributed by atoms with E-state index in [1.165, 1.54) is 0 Å². The predicted octanol–water partition coefficient (Wildman–Crippen LogP) is 3.90. The zero-order valence-electron chi connectivity index (χ0n) is 12.1. The van der Waals surface area contributed by atoms with Crippen molar-refractivity contribution in [2.45, 2.75) is 12.3 Å². The summed E-state index contributed by atoms with van der Waals surface area (Å²) in [6, 6.07) is 18.2. The van der Waals surface area contributed by atoms with Gasteiger partial charge in [0.2, 0.25) is 0 Å². The van der Waals surface area contributed by atoms with Crippen LogP contribution >= 0.6 is 0 Å². The van der Waals surface area contributed by atoms with Crippen molar-refractivity contribution in [1.29, 1.82) is 0 Å². The summed E-state index contributed by atoms with van der Waals surface area (Å²) >= 11 is 0. The van der Waals surface area contributed by atoms with Crippen LogP contribution in [0.3, 0.4) is 0 Å². The first-order valence-electron chi connectivity index (χ1n) is 6.89. The minimum Gasteiger partial charge on any atom is -0.454 e. The van der Waals surface area contributed by atoms with Gasteiger partial charge in [-0.05, 0) is 11.1 Å². The van der Waals surface area contributed by atoms with Crippen LogP contribution in [0.5, 0.6) is 0 Å². The Morgan fingerprint density at radius 3 is 1.83 bits per heavy atom. The van der Waals surface area contributed by atoms with Gasteiger partial charge in [0.05, 0.1) is 0 Å². The summed E-state index contributed by atoms with van der Waals surface area (Å²) < 4.78 is 45.7. The Balaban J connectivity index is 2.03. The third-order valence-electron chi connectivity index (χ3n) is 2.97. The van der Waals surface area contributed by atoms with Crippen LogP contribution in [0.15, 0.2) is 60.7 Å². The summed E-state index contributed by atoms with van der Waals surface area (Å²) in [5, 5.41) is 0. The Morgan fingerprint density at radius 2 is 1.39 bits per heavy atom. The van der Waals surface area contributed by atoms with E-state index in [0.29, 0.717) is 0 Å². The summed E-state index contributed by atoms with van der Waals surface area (Å²) in [5.74, 6) is -1.06. The number of hydrogen-bond donors (Lipinski definition) is 0. The first kappa shape index (κ1) is 17.0. The molecule has 2 rings (SSSR count). The normalized spacial score (nSPS) is 11.5. The van der Waals surface area contributed by atoms with Crippen LogP contribution in [-0.2, 0) is 14.3 Å². The summed E-state index contributed by atoms with van der Waals surface area (Å²) in [4.78, 5) is 11.4. The lowest BCUT2D eigenvalue weighted by Crippen LogP contribution is -2.23. The molecule has 0 aliphatic carbocycles. The highest BCUT2D eigenvalue weighted by atomic mass is 19.4. The SMILES string of the molecule is O=C(COC(c1ccccc1)c1ccccc1)OCC(F)(F)F. The van der Waals surface area contributed by atoms with Crippen LogP contribution in [0.4, 0.5) is 13.2 Å². The maximum Gasteiger partial charge on any atom is 0.422 e. The van der Waals surface area contributed by atoms with Gasteiger partial charge >= 0.3 is 12.1 Å². The van der Waals surface area contributed by atoms with Gasteiger partial charge in [0.15, 0.2) is 6.61 Å². The molecule has 0 heterocycles. The summed E-state index contributed by atoms with van der Waals surface area (Å²) in [6.07, 6.45) is -5.11. The molecule has 23 heavy (non-hydrogen) atoms. The van der Waals surface area contributed by atoms with Crippen molar-refractivity contribution in [3.8, 4) is 0 Å². The average molecular weight is 324 g/mol. The van der Waals surface area contributed by atoms with Crippen molar-refractivity contribution in [3.05, 3.63) is 71.8 Å². The third-order valence-corrected chi connectivity index (χ3v) is 2.97. The monoisotopic (exact) mass is 324 g/mol. The number of halogens is 3. The van der Waals surface area contributed by atoms with E-state index in [-0.39, 0.29) is 0 Å². The zero-order valence-corrected chi connectivity index (χ0v) is 12.1. The van der Waals surface area contributed by atoms with E-state index in [1.807, 2.05) is 60.7 Å². The third kappa shape index (κ3) is 5.75. The van der Waals surface area contributed by atoms with Gasteiger partial charge in [0, 0.05) is 0 Å². The van der Waals surface area contributed by atoms with Gasteiger partial charge in [0.1, 0.15) is 12.7 Å². The fraction of sp³-hybridized carbons (Fsp3) is 0.235. The smallest absolute Gasteiger partial charge is 0.422 e. The van der Waals surface area contributed by atoms with Gasteiger partial charge in [-0.3, -0.25) is 0 Å². The highest BCUT2D eigenvalue weighted by molar-refractivity contribution is 5.70. The van der Waals surface area contributed by atoms with Crippen molar-refractivity contribution in [3.63, 3.8) is 0 Å². The molecule has 0 aromatic heterocycles. The van der Waals surface area contributed by atoms with Crippen molar-refractivity contribution in [2.24, 2.45) is 0 Å². The Bertz CT molecular complexity index is 572. The molecule has 0 atom stereocenters. The standard InChI is InChI=1S/C17H15F3O3/c18-17(19,20)12-23-15(21)11-22-16(13-7-3-1-4-8-13)14-9-5-2-6-10-14/h1-10,16H,11-12H2. The molecule has 6 heteroatoms. The van der Waals surface area contributed by atoms with Gasteiger partial charge in [0.25, 0.3) is 0 Å². The van der Waals surface area contributed by atoms with E-state index < -0.39 is 31.5 Å². The first-order valence-corrected chi connectivity index (χ1v) is 6.89. The Morgan fingerprint density at radius 1 is 0.913 bits per heavy atom. The fourth-order valence-corrected chi connectivity index (χ4v) is 2.00. The molecule has 0 saturated heterocycles. The fourth-order valence-electron chi connectivity index (χ4n) is 2.00. The number of rotatable bonds is 6. The molecule has 0 spiro atoms. The molecular weight excluding hydrogens is 309 g/mol. The minimum atomic E-state index is -4.55. The molecule has 122 valence electrons. The molecule has 2 aromatic rings. The van der Waals surface area contributed by atoms with Crippen LogP contribution in [0, 0.1) is 0 Å². The lowest BCUT2D eigenvalue weighted by molar-refractivity contribution is -0.189. The molecule has 0 saturated carbocycles. The van der Waals surface area contributed by atoms with Gasteiger partial charge in [-0.1, -0.05) is 60.7 Å². The molecule has 0 aliphatic heterocycles.